The molecule has 0 heterocycles. The normalized spacial score (nSPS) is 13.5. The monoisotopic (exact) mass is 357 g/mol. The minimum atomic E-state index is -3.47. The second-order valence-corrected chi connectivity index (χ2v) is 8.80. The molecule has 1 aliphatic rings. The summed E-state index contributed by atoms with van der Waals surface area (Å²) in [5.74, 6) is -0.459. The molecular formula is C20H23NO3S. The van der Waals surface area contributed by atoms with E-state index in [0.717, 1.165) is 36.1 Å². The molecule has 0 fully saturated rings. The van der Waals surface area contributed by atoms with E-state index in [9.17, 15) is 13.2 Å². The van der Waals surface area contributed by atoms with Crippen LogP contribution in [0.3, 0.4) is 0 Å². The van der Waals surface area contributed by atoms with Crippen molar-refractivity contribution in [2.24, 2.45) is 0 Å². The highest BCUT2D eigenvalue weighted by atomic mass is 32.2. The Kier molecular flexibility index (Phi) is 4.95. The van der Waals surface area contributed by atoms with Crippen molar-refractivity contribution in [2.75, 3.05) is 11.1 Å². The molecule has 0 atom stereocenters. The van der Waals surface area contributed by atoms with Crippen LogP contribution in [0.15, 0.2) is 41.3 Å². The third-order valence-corrected chi connectivity index (χ3v) is 6.52. The second kappa shape index (κ2) is 7.00. The quantitative estimate of drug-likeness (QED) is 0.889. The Morgan fingerprint density at radius 2 is 1.80 bits per heavy atom. The smallest absolute Gasteiger partial charge is 0.225 e. The van der Waals surface area contributed by atoms with Crippen LogP contribution in [0, 0.1) is 13.8 Å². The van der Waals surface area contributed by atoms with Crippen LogP contribution in [-0.2, 0) is 27.5 Å². The van der Waals surface area contributed by atoms with Crippen LogP contribution in [-0.4, -0.2) is 20.1 Å². The summed E-state index contributed by atoms with van der Waals surface area (Å²) in [6, 6.07) is 11.2. The van der Waals surface area contributed by atoms with Crippen molar-refractivity contribution >= 4 is 21.4 Å². The Labute approximate surface area is 149 Å². The van der Waals surface area contributed by atoms with Gasteiger partial charge < -0.3 is 5.32 Å². The van der Waals surface area contributed by atoms with Gasteiger partial charge in [-0.15, -0.1) is 0 Å². The van der Waals surface area contributed by atoms with Crippen LogP contribution in [0.5, 0.6) is 0 Å². The average molecular weight is 357 g/mol. The molecule has 0 bridgehead atoms. The maximum Gasteiger partial charge on any atom is 0.225 e. The van der Waals surface area contributed by atoms with Gasteiger partial charge in [0.15, 0.2) is 9.84 Å². The molecule has 0 radical (unpaired) electrons. The molecule has 0 unspecified atom stereocenters. The minimum absolute atomic E-state index is 0.0489. The lowest BCUT2D eigenvalue weighted by molar-refractivity contribution is -0.115. The van der Waals surface area contributed by atoms with E-state index < -0.39 is 9.84 Å². The third-order valence-electron chi connectivity index (χ3n) is 4.65. The van der Waals surface area contributed by atoms with E-state index in [2.05, 4.69) is 5.32 Å². The molecule has 2 aromatic carbocycles. The first-order valence-electron chi connectivity index (χ1n) is 8.57. The Morgan fingerprint density at radius 3 is 2.56 bits per heavy atom. The number of aryl methyl sites for hydroxylation is 4. The lowest BCUT2D eigenvalue weighted by atomic mass is 10.1. The number of hydrogen-bond acceptors (Lipinski definition) is 3. The summed E-state index contributed by atoms with van der Waals surface area (Å²) >= 11 is 0. The van der Waals surface area contributed by atoms with Gasteiger partial charge in [0.05, 0.1) is 10.6 Å². The molecule has 1 amide bonds. The lowest BCUT2D eigenvalue weighted by Gasteiger charge is -2.10. The van der Waals surface area contributed by atoms with E-state index in [1.54, 1.807) is 19.1 Å². The summed E-state index contributed by atoms with van der Waals surface area (Å²) in [6.07, 6.45) is 3.24. The molecule has 5 heteroatoms. The van der Waals surface area contributed by atoms with Crippen LogP contribution in [0.25, 0.3) is 0 Å². The lowest BCUT2D eigenvalue weighted by Crippen LogP contribution is -2.18. The van der Waals surface area contributed by atoms with Crippen LogP contribution in [0.1, 0.15) is 35.1 Å². The number of sulfone groups is 1. The van der Waals surface area contributed by atoms with Gasteiger partial charge in [-0.2, -0.15) is 0 Å². The third kappa shape index (κ3) is 4.10. The number of fused-ring (bicyclic) bond motifs is 1. The minimum Gasteiger partial charge on any atom is -0.326 e. The maximum atomic E-state index is 12.5. The van der Waals surface area contributed by atoms with Gasteiger partial charge in [0.1, 0.15) is 0 Å². The summed E-state index contributed by atoms with van der Waals surface area (Å²) < 4.78 is 25.0. The number of rotatable bonds is 5. The predicted octanol–water partition coefficient (Wildman–Crippen LogP) is 3.59. The van der Waals surface area contributed by atoms with Crippen LogP contribution in [0.4, 0.5) is 5.69 Å². The Balaban J connectivity index is 1.63. The van der Waals surface area contributed by atoms with E-state index in [0.29, 0.717) is 4.90 Å². The van der Waals surface area contributed by atoms with E-state index in [4.69, 9.17) is 0 Å². The standard InChI is InChI=1S/C20H23NO3S/c1-14-6-9-19(15(2)12-14)25(23,24)11-10-20(22)21-18-8-7-16-4-3-5-17(16)13-18/h6-9,12-13H,3-5,10-11H2,1-2H3,(H,21,22). The van der Waals surface area contributed by atoms with E-state index >= 15 is 0 Å². The van der Waals surface area contributed by atoms with Crippen LogP contribution < -0.4 is 5.32 Å². The van der Waals surface area contributed by atoms with Crippen LogP contribution >= 0.6 is 0 Å². The number of carbonyl (C=O) groups excluding carboxylic acids is 1. The number of amides is 1. The van der Waals surface area contributed by atoms with Crippen molar-refractivity contribution in [3.63, 3.8) is 0 Å². The summed E-state index contributed by atoms with van der Waals surface area (Å²) in [6.45, 7) is 3.71. The summed E-state index contributed by atoms with van der Waals surface area (Å²) in [5, 5.41) is 2.82. The van der Waals surface area contributed by atoms with E-state index in [-0.39, 0.29) is 18.1 Å². The summed E-state index contributed by atoms with van der Waals surface area (Å²) in [7, 11) is -3.47. The molecule has 1 N–H and O–H groups in total. The number of nitrogens with one attached hydrogen (secondary N) is 1. The largest absolute Gasteiger partial charge is 0.326 e. The van der Waals surface area contributed by atoms with Crippen molar-refractivity contribution in [3.8, 4) is 0 Å². The van der Waals surface area contributed by atoms with Gasteiger partial charge in [0.2, 0.25) is 5.91 Å². The van der Waals surface area contributed by atoms with Gasteiger partial charge in [-0.3, -0.25) is 4.79 Å². The van der Waals surface area contributed by atoms with Gasteiger partial charge in [0.25, 0.3) is 0 Å². The number of benzene rings is 2. The van der Waals surface area contributed by atoms with Gasteiger partial charge in [-0.1, -0.05) is 23.8 Å². The molecule has 0 saturated heterocycles. The fourth-order valence-electron chi connectivity index (χ4n) is 3.36. The molecule has 3 rings (SSSR count). The number of hydrogen-bond donors (Lipinski definition) is 1. The van der Waals surface area contributed by atoms with Gasteiger partial charge >= 0.3 is 0 Å². The first kappa shape index (κ1) is 17.7. The van der Waals surface area contributed by atoms with Crippen molar-refractivity contribution in [3.05, 3.63) is 58.7 Å². The second-order valence-electron chi connectivity index (χ2n) is 6.72. The van der Waals surface area contributed by atoms with Crippen molar-refractivity contribution in [1.29, 1.82) is 0 Å². The number of anilines is 1. The highest BCUT2D eigenvalue weighted by Gasteiger charge is 2.19. The highest BCUT2D eigenvalue weighted by molar-refractivity contribution is 7.91. The summed E-state index contributed by atoms with van der Waals surface area (Å²) in [4.78, 5) is 12.5. The van der Waals surface area contributed by atoms with Crippen LogP contribution in [0.2, 0.25) is 0 Å². The Bertz CT molecular complexity index is 917. The highest BCUT2D eigenvalue weighted by Crippen LogP contribution is 2.25. The molecule has 0 aromatic heterocycles. The molecule has 0 aliphatic heterocycles. The first-order valence-corrected chi connectivity index (χ1v) is 10.2. The van der Waals surface area contributed by atoms with Gasteiger partial charge in [-0.25, -0.2) is 8.42 Å². The van der Waals surface area contributed by atoms with Crippen molar-refractivity contribution in [2.45, 2.75) is 44.4 Å². The molecule has 4 nitrogen and oxygen atoms in total. The molecule has 25 heavy (non-hydrogen) atoms. The van der Waals surface area contributed by atoms with Crippen molar-refractivity contribution < 1.29 is 13.2 Å². The molecule has 2 aromatic rings. The zero-order valence-corrected chi connectivity index (χ0v) is 15.4. The summed E-state index contributed by atoms with van der Waals surface area (Å²) in [5.41, 5.74) is 5.11. The van der Waals surface area contributed by atoms with Gasteiger partial charge in [-0.05, 0) is 68.0 Å². The molecule has 1 aliphatic carbocycles. The van der Waals surface area contributed by atoms with E-state index in [1.807, 2.05) is 31.2 Å². The Hall–Kier alpha value is -2.14. The van der Waals surface area contributed by atoms with Gasteiger partial charge in [0, 0.05) is 12.1 Å². The van der Waals surface area contributed by atoms with E-state index in [1.165, 1.54) is 11.1 Å². The fourth-order valence-corrected chi connectivity index (χ4v) is 4.86. The zero-order valence-electron chi connectivity index (χ0n) is 14.6. The predicted molar refractivity (Wildman–Crippen MR) is 99.7 cm³/mol. The average Bonchev–Trinajstić information content (AvgIpc) is 3.00. The molecule has 132 valence electrons. The topological polar surface area (TPSA) is 63.2 Å². The molecule has 0 saturated carbocycles. The van der Waals surface area contributed by atoms with Crippen molar-refractivity contribution in [1.82, 2.24) is 0 Å². The SMILES string of the molecule is Cc1ccc(S(=O)(=O)CCC(=O)Nc2ccc3c(c2)CCC3)c(C)c1. The first-order chi connectivity index (χ1) is 11.8. The number of carbonyl (C=O) groups is 1. The molecule has 0 spiro atoms. The fraction of sp³-hybridized carbons (Fsp3) is 0.350. The molecular weight excluding hydrogens is 334 g/mol. The zero-order chi connectivity index (χ0) is 18.0. The maximum absolute atomic E-state index is 12.5. The Morgan fingerprint density at radius 1 is 1.04 bits per heavy atom.